The molecule has 0 aliphatic rings. The Morgan fingerprint density at radius 3 is 2.30 bits per heavy atom. The average Bonchev–Trinajstić information content (AvgIpc) is 2.69. The number of fused-ring (bicyclic) bond motifs is 1. The van der Waals surface area contributed by atoms with E-state index in [-0.39, 0.29) is 10.6 Å². The fourth-order valence-corrected chi connectivity index (χ4v) is 3.89. The van der Waals surface area contributed by atoms with Crippen LogP contribution < -0.4 is 4.18 Å². The summed E-state index contributed by atoms with van der Waals surface area (Å²) in [6, 6.07) is 23.7. The van der Waals surface area contributed by atoms with Crippen molar-refractivity contribution in [2.75, 3.05) is 0 Å². The Morgan fingerprint density at radius 2 is 1.56 bits per heavy atom. The van der Waals surface area contributed by atoms with Gasteiger partial charge in [0, 0.05) is 11.6 Å². The van der Waals surface area contributed by atoms with E-state index in [1.54, 1.807) is 36.5 Å². The van der Waals surface area contributed by atoms with E-state index < -0.39 is 10.1 Å². The van der Waals surface area contributed by atoms with Gasteiger partial charge in [-0.1, -0.05) is 54.1 Å². The first-order valence-corrected chi connectivity index (χ1v) is 9.90. The quantitative estimate of drug-likeness (QED) is 0.472. The van der Waals surface area contributed by atoms with Gasteiger partial charge >= 0.3 is 10.1 Å². The van der Waals surface area contributed by atoms with Crippen LogP contribution in [0.1, 0.15) is 5.56 Å². The molecule has 1 heterocycles. The lowest BCUT2D eigenvalue weighted by molar-refractivity contribution is 0.488. The Bertz CT molecular complexity index is 1200. The first kappa shape index (κ1) is 17.2. The van der Waals surface area contributed by atoms with Crippen LogP contribution in [0.2, 0.25) is 0 Å². The van der Waals surface area contributed by atoms with Crippen LogP contribution in [-0.2, 0) is 10.1 Å². The predicted octanol–water partition coefficient (Wildman–Crippen LogP) is 4.98. The molecule has 0 radical (unpaired) electrons. The molecule has 0 spiro atoms. The second-order valence-electron chi connectivity index (χ2n) is 6.23. The van der Waals surface area contributed by atoms with E-state index in [1.807, 2.05) is 55.5 Å². The van der Waals surface area contributed by atoms with Crippen LogP contribution in [0.25, 0.3) is 22.0 Å². The predicted molar refractivity (Wildman–Crippen MR) is 106 cm³/mol. The number of aryl methyl sites for hydroxylation is 1. The van der Waals surface area contributed by atoms with E-state index in [9.17, 15) is 8.42 Å². The van der Waals surface area contributed by atoms with Crippen LogP contribution in [0.4, 0.5) is 0 Å². The molecule has 4 rings (SSSR count). The summed E-state index contributed by atoms with van der Waals surface area (Å²) in [5.74, 6) is 0.214. The summed E-state index contributed by atoms with van der Waals surface area (Å²) < 4.78 is 30.8. The first-order chi connectivity index (χ1) is 13.0. The number of pyridine rings is 1. The van der Waals surface area contributed by atoms with Crippen molar-refractivity contribution in [2.24, 2.45) is 0 Å². The van der Waals surface area contributed by atoms with Crippen molar-refractivity contribution in [3.8, 4) is 16.9 Å². The SMILES string of the molecule is Cc1ccc(S(=O)(=O)Oc2ccc(-c3ccccc3)c3cccnc23)cc1. The molecule has 0 aliphatic carbocycles. The van der Waals surface area contributed by atoms with Gasteiger partial charge in [-0.25, -0.2) is 0 Å². The van der Waals surface area contributed by atoms with Gasteiger partial charge in [-0.2, -0.15) is 8.42 Å². The lowest BCUT2D eigenvalue weighted by atomic mass is 10.0. The normalized spacial score (nSPS) is 11.4. The zero-order valence-electron chi connectivity index (χ0n) is 14.7. The summed E-state index contributed by atoms with van der Waals surface area (Å²) >= 11 is 0. The lowest BCUT2D eigenvalue weighted by Crippen LogP contribution is -2.10. The van der Waals surface area contributed by atoms with E-state index in [1.165, 1.54) is 0 Å². The van der Waals surface area contributed by atoms with Gasteiger partial charge in [-0.05, 0) is 48.4 Å². The Balaban J connectivity index is 1.81. The molecule has 134 valence electrons. The zero-order chi connectivity index (χ0) is 18.9. The van der Waals surface area contributed by atoms with Crippen molar-refractivity contribution in [3.05, 3.63) is 90.6 Å². The van der Waals surface area contributed by atoms with Crippen molar-refractivity contribution in [3.63, 3.8) is 0 Å². The third-order valence-corrected chi connectivity index (χ3v) is 5.58. The van der Waals surface area contributed by atoms with Gasteiger partial charge < -0.3 is 4.18 Å². The zero-order valence-corrected chi connectivity index (χ0v) is 15.5. The van der Waals surface area contributed by atoms with Gasteiger partial charge in [-0.15, -0.1) is 0 Å². The van der Waals surface area contributed by atoms with Gasteiger partial charge in [0.15, 0.2) is 5.75 Å². The number of hydrogen-bond donors (Lipinski definition) is 0. The Labute approximate surface area is 158 Å². The fraction of sp³-hybridized carbons (Fsp3) is 0.0455. The van der Waals surface area contributed by atoms with Crippen molar-refractivity contribution in [1.82, 2.24) is 4.98 Å². The van der Waals surface area contributed by atoms with Crippen molar-refractivity contribution >= 4 is 21.0 Å². The Kier molecular flexibility index (Phi) is 4.38. The molecule has 0 bridgehead atoms. The highest BCUT2D eigenvalue weighted by molar-refractivity contribution is 7.87. The molecule has 0 fully saturated rings. The lowest BCUT2D eigenvalue weighted by Gasteiger charge is -2.12. The van der Waals surface area contributed by atoms with E-state index in [4.69, 9.17) is 4.18 Å². The maximum absolute atomic E-state index is 12.7. The largest absolute Gasteiger partial charge is 0.377 e. The second kappa shape index (κ2) is 6.85. The van der Waals surface area contributed by atoms with Crippen molar-refractivity contribution in [1.29, 1.82) is 0 Å². The summed E-state index contributed by atoms with van der Waals surface area (Å²) in [6.07, 6.45) is 1.63. The minimum Gasteiger partial charge on any atom is -0.377 e. The molecule has 1 aromatic heterocycles. The topological polar surface area (TPSA) is 56.3 Å². The molecule has 5 heteroatoms. The second-order valence-corrected chi connectivity index (χ2v) is 7.77. The molecule has 0 aliphatic heterocycles. The fourth-order valence-electron chi connectivity index (χ4n) is 2.95. The van der Waals surface area contributed by atoms with Crippen LogP contribution in [0.15, 0.2) is 90.0 Å². The number of aromatic nitrogens is 1. The molecule has 4 nitrogen and oxygen atoms in total. The van der Waals surface area contributed by atoms with E-state index >= 15 is 0 Å². The molecule has 0 saturated heterocycles. The molecule has 0 saturated carbocycles. The highest BCUT2D eigenvalue weighted by Gasteiger charge is 2.19. The van der Waals surface area contributed by atoms with Crippen LogP contribution >= 0.6 is 0 Å². The van der Waals surface area contributed by atoms with Crippen molar-refractivity contribution in [2.45, 2.75) is 11.8 Å². The van der Waals surface area contributed by atoms with Gasteiger partial charge in [-0.3, -0.25) is 4.98 Å². The number of rotatable bonds is 4. The molecule has 3 aromatic carbocycles. The van der Waals surface area contributed by atoms with Crippen LogP contribution in [0.3, 0.4) is 0 Å². The van der Waals surface area contributed by atoms with E-state index in [0.717, 1.165) is 22.1 Å². The van der Waals surface area contributed by atoms with Gasteiger partial charge in [0.1, 0.15) is 10.4 Å². The summed E-state index contributed by atoms with van der Waals surface area (Å²) in [5.41, 5.74) is 3.49. The molecule has 0 atom stereocenters. The van der Waals surface area contributed by atoms with Crippen LogP contribution in [-0.4, -0.2) is 13.4 Å². The minimum absolute atomic E-state index is 0.115. The van der Waals surface area contributed by atoms with Crippen LogP contribution in [0.5, 0.6) is 5.75 Å². The highest BCUT2D eigenvalue weighted by atomic mass is 32.2. The first-order valence-electron chi connectivity index (χ1n) is 8.49. The van der Waals surface area contributed by atoms with Gasteiger partial charge in [0.05, 0.1) is 0 Å². The van der Waals surface area contributed by atoms with Gasteiger partial charge in [0.2, 0.25) is 0 Å². The molecule has 4 aromatic rings. The molecule has 0 amide bonds. The standard InChI is InChI=1S/C22H17NO3S/c1-16-9-11-18(12-10-16)27(24,25)26-21-14-13-19(17-6-3-2-4-7-17)20-8-5-15-23-22(20)21/h2-15H,1H3. The smallest absolute Gasteiger partial charge is 0.339 e. The number of nitrogens with zero attached hydrogens (tertiary/aromatic N) is 1. The third-order valence-electron chi connectivity index (χ3n) is 4.33. The minimum atomic E-state index is -3.94. The van der Waals surface area contributed by atoms with Crippen molar-refractivity contribution < 1.29 is 12.6 Å². The molecular weight excluding hydrogens is 358 g/mol. The third kappa shape index (κ3) is 3.41. The summed E-state index contributed by atoms with van der Waals surface area (Å²) in [5, 5.41) is 0.834. The summed E-state index contributed by atoms with van der Waals surface area (Å²) in [7, 11) is -3.94. The Hall–Kier alpha value is -3.18. The number of benzene rings is 3. The monoisotopic (exact) mass is 375 g/mol. The molecule has 0 unspecified atom stereocenters. The van der Waals surface area contributed by atoms with E-state index in [2.05, 4.69) is 4.98 Å². The summed E-state index contributed by atoms with van der Waals surface area (Å²) in [4.78, 5) is 4.48. The maximum atomic E-state index is 12.7. The summed E-state index contributed by atoms with van der Waals surface area (Å²) in [6.45, 7) is 1.90. The molecule has 27 heavy (non-hydrogen) atoms. The van der Waals surface area contributed by atoms with Crippen LogP contribution in [0, 0.1) is 6.92 Å². The van der Waals surface area contributed by atoms with Gasteiger partial charge in [0.25, 0.3) is 0 Å². The molecular formula is C22H17NO3S. The Morgan fingerprint density at radius 1 is 0.815 bits per heavy atom. The highest BCUT2D eigenvalue weighted by Crippen LogP contribution is 2.34. The van der Waals surface area contributed by atoms with E-state index in [0.29, 0.717) is 5.52 Å². The maximum Gasteiger partial charge on any atom is 0.339 e. The molecule has 0 N–H and O–H groups in total. The number of hydrogen-bond acceptors (Lipinski definition) is 4. The average molecular weight is 375 g/mol.